The summed E-state index contributed by atoms with van der Waals surface area (Å²) in [6, 6.07) is 14.8. The molecule has 1 amide bonds. The van der Waals surface area contributed by atoms with Gasteiger partial charge in [-0.2, -0.15) is 10.2 Å². The molecule has 1 aliphatic rings. The van der Waals surface area contributed by atoms with E-state index >= 15 is 0 Å². The fourth-order valence-electron chi connectivity index (χ4n) is 3.59. The molecule has 1 saturated heterocycles. The van der Waals surface area contributed by atoms with E-state index in [-0.39, 0.29) is 5.91 Å². The quantitative estimate of drug-likeness (QED) is 0.535. The van der Waals surface area contributed by atoms with Crippen molar-refractivity contribution >= 4 is 28.6 Å². The summed E-state index contributed by atoms with van der Waals surface area (Å²) < 4.78 is 7.27. The van der Waals surface area contributed by atoms with Gasteiger partial charge in [0.15, 0.2) is 0 Å². The molecule has 0 spiro atoms. The van der Waals surface area contributed by atoms with Crippen LogP contribution in [0.15, 0.2) is 61.1 Å². The van der Waals surface area contributed by atoms with Gasteiger partial charge >= 0.3 is 0 Å². The van der Waals surface area contributed by atoms with Gasteiger partial charge in [0.1, 0.15) is 17.4 Å². The van der Waals surface area contributed by atoms with Crippen LogP contribution < -0.4 is 5.32 Å². The summed E-state index contributed by atoms with van der Waals surface area (Å²) in [4.78, 5) is 27.8. The van der Waals surface area contributed by atoms with Crippen molar-refractivity contribution in [2.45, 2.75) is 0 Å². The maximum absolute atomic E-state index is 12.9. The number of anilines is 2. The lowest BCUT2D eigenvalue weighted by Gasteiger charge is -2.27. The summed E-state index contributed by atoms with van der Waals surface area (Å²) in [7, 11) is 0. The molecule has 1 fully saturated rings. The Labute approximate surface area is 183 Å². The van der Waals surface area contributed by atoms with Crippen molar-refractivity contribution < 1.29 is 9.53 Å². The topological polar surface area (TPSA) is 109 Å². The average molecular weight is 425 g/mol. The van der Waals surface area contributed by atoms with Crippen molar-refractivity contribution in [2.24, 2.45) is 0 Å². The van der Waals surface area contributed by atoms with Gasteiger partial charge in [0.2, 0.25) is 5.95 Å². The minimum absolute atomic E-state index is 0.00286. The Bertz CT molecular complexity index is 1320. The van der Waals surface area contributed by atoms with Crippen LogP contribution in [0.4, 0.5) is 11.6 Å². The molecule has 32 heavy (non-hydrogen) atoms. The molecule has 158 valence electrons. The Morgan fingerprint density at radius 3 is 2.75 bits per heavy atom. The smallest absolute Gasteiger partial charge is 0.254 e. The number of rotatable bonds is 4. The second-order valence-corrected chi connectivity index (χ2v) is 7.28. The van der Waals surface area contributed by atoms with Crippen LogP contribution in [0.1, 0.15) is 16.1 Å². The van der Waals surface area contributed by atoms with E-state index < -0.39 is 0 Å². The number of amides is 1. The highest BCUT2D eigenvalue weighted by atomic mass is 16.5. The molecular weight excluding hydrogens is 406 g/mol. The Morgan fingerprint density at radius 2 is 1.97 bits per heavy atom. The number of hydrogen-bond acceptors (Lipinski definition) is 7. The molecule has 0 unspecified atom stereocenters. The van der Waals surface area contributed by atoms with Crippen molar-refractivity contribution in [2.75, 3.05) is 31.6 Å². The van der Waals surface area contributed by atoms with E-state index in [1.165, 1.54) is 0 Å². The Hall–Kier alpha value is -4.29. The number of carbonyl (C=O) groups is 1. The number of nitrogens with one attached hydrogen (secondary N) is 1. The molecule has 5 rings (SSSR count). The minimum Gasteiger partial charge on any atom is -0.378 e. The van der Waals surface area contributed by atoms with Crippen LogP contribution in [0.25, 0.3) is 16.7 Å². The zero-order chi connectivity index (χ0) is 21.9. The highest BCUT2D eigenvalue weighted by Gasteiger charge is 2.19. The largest absolute Gasteiger partial charge is 0.378 e. The van der Waals surface area contributed by atoms with Gasteiger partial charge < -0.3 is 19.5 Å². The molecule has 9 heteroatoms. The number of nitriles is 1. The van der Waals surface area contributed by atoms with Gasteiger partial charge in [-0.05, 0) is 36.4 Å². The van der Waals surface area contributed by atoms with Crippen LogP contribution in [0, 0.1) is 11.3 Å². The third-order valence-electron chi connectivity index (χ3n) is 5.23. The monoisotopic (exact) mass is 425 g/mol. The van der Waals surface area contributed by atoms with Crippen LogP contribution in [0.5, 0.6) is 0 Å². The fourth-order valence-corrected chi connectivity index (χ4v) is 3.59. The minimum atomic E-state index is -0.00286. The molecule has 0 atom stereocenters. The first kappa shape index (κ1) is 19.7. The number of fused-ring (bicyclic) bond motifs is 1. The summed E-state index contributed by atoms with van der Waals surface area (Å²) in [5.74, 6) is 0.404. The molecule has 0 aliphatic carbocycles. The van der Waals surface area contributed by atoms with E-state index in [1.807, 2.05) is 52.1 Å². The maximum atomic E-state index is 12.9. The van der Waals surface area contributed by atoms with Crippen molar-refractivity contribution in [1.29, 1.82) is 5.26 Å². The first-order valence-corrected chi connectivity index (χ1v) is 10.2. The highest BCUT2D eigenvalue weighted by Crippen LogP contribution is 2.22. The Balaban J connectivity index is 1.44. The van der Waals surface area contributed by atoms with Gasteiger partial charge in [0.05, 0.1) is 25.1 Å². The molecule has 1 aromatic carbocycles. The van der Waals surface area contributed by atoms with Crippen molar-refractivity contribution in [3.8, 4) is 11.8 Å². The molecule has 1 aliphatic heterocycles. The number of pyridine rings is 1. The van der Waals surface area contributed by atoms with E-state index in [0.717, 1.165) is 11.1 Å². The summed E-state index contributed by atoms with van der Waals surface area (Å²) >= 11 is 0. The fraction of sp³-hybridized carbons (Fsp3) is 0.174. The van der Waals surface area contributed by atoms with Gasteiger partial charge in [-0.3, -0.25) is 4.79 Å². The SMILES string of the molecule is N#Cc1ccc(Nc2ncc3ccn(-c4cccc(C(=O)N5CCOCC5)c4)c3n2)cn1. The standard InChI is InChI=1S/C23H19N7O2/c24-13-18-4-5-19(15-25-18)27-23-26-14-17-6-7-30(21(17)28-23)20-3-1-2-16(12-20)22(31)29-8-10-32-11-9-29/h1-7,12,14-15H,8-11H2,(H,26,27,28). The van der Waals surface area contributed by atoms with Gasteiger partial charge in [-0.25, -0.2) is 9.97 Å². The molecule has 3 aromatic heterocycles. The van der Waals surface area contributed by atoms with E-state index in [9.17, 15) is 4.79 Å². The van der Waals surface area contributed by atoms with Gasteiger partial charge in [-0.1, -0.05) is 6.07 Å². The lowest BCUT2D eigenvalue weighted by atomic mass is 10.1. The normalized spacial score (nSPS) is 13.7. The number of morpholine rings is 1. The molecule has 0 radical (unpaired) electrons. The second-order valence-electron chi connectivity index (χ2n) is 7.28. The van der Waals surface area contributed by atoms with Crippen LogP contribution in [-0.4, -0.2) is 56.6 Å². The summed E-state index contributed by atoms with van der Waals surface area (Å²) in [6.07, 6.45) is 5.21. The third-order valence-corrected chi connectivity index (χ3v) is 5.23. The number of nitrogens with zero attached hydrogens (tertiary/aromatic N) is 6. The lowest BCUT2D eigenvalue weighted by molar-refractivity contribution is 0.0303. The van der Waals surface area contributed by atoms with Crippen LogP contribution in [0.2, 0.25) is 0 Å². The Morgan fingerprint density at radius 1 is 1.09 bits per heavy atom. The zero-order valence-electron chi connectivity index (χ0n) is 17.1. The number of aromatic nitrogens is 4. The lowest BCUT2D eigenvalue weighted by Crippen LogP contribution is -2.40. The van der Waals surface area contributed by atoms with E-state index in [2.05, 4.69) is 20.3 Å². The Kier molecular flexibility index (Phi) is 5.19. The number of carbonyl (C=O) groups excluding carboxylic acids is 1. The first-order chi connectivity index (χ1) is 15.7. The van der Waals surface area contributed by atoms with E-state index in [0.29, 0.717) is 54.8 Å². The van der Waals surface area contributed by atoms with Crippen LogP contribution in [0.3, 0.4) is 0 Å². The third kappa shape index (κ3) is 3.87. The van der Waals surface area contributed by atoms with E-state index in [1.54, 1.807) is 24.5 Å². The molecule has 0 saturated carbocycles. The van der Waals surface area contributed by atoms with Crippen LogP contribution >= 0.6 is 0 Å². The molecule has 0 bridgehead atoms. The highest BCUT2D eigenvalue weighted by molar-refractivity contribution is 5.95. The molecule has 4 aromatic rings. The predicted molar refractivity (Wildman–Crippen MR) is 118 cm³/mol. The number of hydrogen-bond donors (Lipinski definition) is 1. The van der Waals surface area contributed by atoms with Gasteiger partial charge in [0, 0.05) is 42.1 Å². The van der Waals surface area contributed by atoms with Gasteiger partial charge in [0.25, 0.3) is 5.91 Å². The average Bonchev–Trinajstić information content (AvgIpc) is 3.28. The maximum Gasteiger partial charge on any atom is 0.254 e. The predicted octanol–water partition coefficient (Wildman–Crippen LogP) is 2.90. The second kappa shape index (κ2) is 8.45. The van der Waals surface area contributed by atoms with Crippen molar-refractivity contribution in [3.63, 3.8) is 0 Å². The number of benzene rings is 1. The summed E-state index contributed by atoms with van der Waals surface area (Å²) in [6.45, 7) is 2.33. The zero-order valence-corrected chi connectivity index (χ0v) is 17.1. The van der Waals surface area contributed by atoms with Crippen LogP contribution in [-0.2, 0) is 4.74 Å². The molecule has 1 N–H and O–H groups in total. The molecule has 9 nitrogen and oxygen atoms in total. The van der Waals surface area contributed by atoms with Crippen molar-refractivity contribution in [1.82, 2.24) is 24.4 Å². The first-order valence-electron chi connectivity index (χ1n) is 10.2. The summed E-state index contributed by atoms with van der Waals surface area (Å²) in [5.41, 5.74) is 3.19. The van der Waals surface area contributed by atoms with E-state index in [4.69, 9.17) is 10.00 Å². The number of ether oxygens (including phenoxy) is 1. The van der Waals surface area contributed by atoms with Crippen molar-refractivity contribution in [3.05, 3.63) is 72.3 Å². The molecular formula is C23H19N7O2. The van der Waals surface area contributed by atoms with Gasteiger partial charge in [-0.15, -0.1) is 0 Å². The summed E-state index contributed by atoms with van der Waals surface area (Å²) in [5, 5.41) is 12.9. The molecule has 4 heterocycles.